The molecule has 4 nitrogen and oxygen atoms in total. The molecule has 0 aromatic heterocycles. The molecule has 2 aromatic rings. The van der Waals surface area contributed by atoms with Gasteiger partial charge in [0.2, 0.25) is 0 Å². The lowest BCUT2D eigenvalue weighted by atomic mass is 10.2. The number of nitrogens with one attached hydrogen (secondary N) is 1. The molecule has 0 spiro atoms. The third-order valence-electron chi connectivity index (χ3n) is 2.79. The van der Waals surface area contributed by atoms with E-state index in [4.69, 9.17) is 4.74 Å². The number of ether oxygens (including phenoxy) is 2. The van der Waals surface area contributed by atoms with Crippen LogP contribution in [-0.4, -0.2) is 18.6 Å². The number of hydrogen-bond donors (Lipinski definition) is 1. The number of amides is 1. The Morgan fingerprint density at radius 3 is 2.32 bits per heavy atom. The largest absolute Gasteiger partial charge is 0.481 e. The van der Waals surface area contributed by atoms with E-state index >= 15 is 0 Å². The van der Waals surface area contributed by atoms with Gasteiger partial charge in [0.05, 0.1) is 5.69 Å². The van der Waals surface area contributed by atoms with Gasteiger partial charge in [0.15, 0.2) is 6.10 Å². The molecule has 0 saturated heterocycles. The van der Waals surface area contributed by atoms with E-state index < -0.39 is 18.6 Å². The summed E-state index contributed by atoms with van der Waals surface area (Å²) < 4.78 is 34.5. The average Bonchev–Trinajstić information content (AvgIpc) is 2.49. The van der Waals surface area contributed by atoms with E-state index in [1.165, 1.54) is 18.2 Å². The van der Waals surface area contributed by atoms with Crippen molar-refractivity contribution in [3.63, 3.8) is 0 Å². The molecule has 0 heterocycles. The molecule has 0 fully saturated rings. The average molecular weight is 307 g/mol. The van der Waals surface area contributed by atoms with Gasteiger partial charge in [-0.1, -0.05) is 30.3 Å². The Balaban J connectivity index is 2.02. The van der Waals surface area contributed by atoms with Gasteiger partial charge in [-0.3, -0.25) is 4.79 Å². The van der Waals surface area contributed by atoms with Crippen LogP contribution in [0.5, 0.6) is 11.5 Å². The predicted octanol–water partition coefficient (Wildman–Crippen LogP) is 3.69. The fourth-order valence-corrected chi connectivity index (χ4v) is 1.76. The summed E-state index contributed by atoms with van der Waals surface area (Å²) in [7, 11) is 0. The van der Waals surface area contributed by atoms with Crippen LogP contribution >= 0.6 is 0 Å². The third-order valence-corrected chi connectivity index (χ3v) is 2.79. The SMILES string of the molecule is C[C@@H](Oc1ccccc1)C(=O)Nc1ccccc1OC(F)F. The summed E-state index contributed by atoms with van der Waals surface area (Å²) in [6.45, 7) is -1.39. The van der Waals surface area contributed by atoms with Crippen LogP contribution < -0.4 is 14.8 Å². The summed E-state index contributed by atoms with van der Waals surface area (Å²) in [6, 6.07) is 14.8. The van der Waals surface area contributed by atoms with Crippen molar-refractivity contribution in [2.24, 2.45) is 0 Å². The second-order valence-corrected chi connectivity index (χ2v) is 4.44. The lowest BCUT2D eigenvalue weighted by molar-refractivity contribution is -0.122. The lowest BCUT2D eigenvalue weighted by Gasteiger charge is -2.16. The monoisotopic (exact) mass is 307 g/mol. The van der Waals surface area contributed by atoms with Crippen LogP contribution in [0.1, 0.15) is 6.92 Å². The molecule has 0 bridgehead atoms. The number of carbonyl (C=O) groups is 1. The van der Waals surface area contributed by atoms with Gasteiger partial charge in [-0.15, -0.1) is 0 Å². The zero-order chi connectivity index (χ0) is 15.9. The van der Waals surface area contributed by atoms with E-state index in [2.05, 4.69) is 10.1 Å². The highest BCUT2D eigenvalue weighted by Crippen LogP contribution is 2.25. The van der Waals surface area contributed by atoms with Crippen molar-refractivity contribution >= 4 is 11.6 Å². The molecule has 2 rings (SSSR count). The molecular formula is C16H15F2NO3. The summed E-state index contributed by atoms with van der Waals surface area (Å²) in [5.41, 5.74) is 0.163. The number of alkyl halides is 2. The zero-order valence-corrected chi connectivity index (χ0v) is 11.8. The van der Waals surface area contributed by atoms with Crippen molar-refractivity contribution in [1.82, 2.24) is 0 Å². The molecule has 22 heavy (non-hydrogen) atoms. The van der Waals surface area contributed by atoms with E-state index in [9.17, 15) is 13.6 Å². The summed E-state index contributed by atoms with van der Waals surface area (Å²) in [4.78, 5) is 12.1. The van der Waals surface area contributed by atoms with Crippen LogP contribution in [0.25, 0.3) is 0 Å². The third kappa shape index (κ3) is 4.44. The van der Waals surface area contributed by atoms with Gasteiger partial charge in [-0.25, -0.2) is 0 Å². The van der Waals surface area contributed by atoms with Crippen molar-refractivity contribution in [1.29, 1.82) is 0 Å². The first-order chi connectivity index (χ1) is 10.6. The van der Waals surface area contributed by atoms with Crippen molar-refractivity contribution in [3.8, 4) is 11.5 Å². The van der Waals surface area contributed by atoms with Crippen molar-refractivity contribution in [2.45, 2.75) is 19.6 Å². The summed E-state index contributed by atoms with van der Waals surface area (Å²) in [6.07, 6.45) is -0.790. The van der Waals surface area contributed by atoms with Gasteiger partial charge in [-0.05, 0) is 31.2 Å². The molecule has 1 atom stereocenters. The number of carbonyl (C=O) groups excluding carboxylic acids is 1. The first-order valence-electron chi connectivity index (χ1n) is 6.62. The Labute approximate surface area is 126 Å². The molecule has 2 aromatic carbocycles. The fourth-order valence-electron chi connectivity index (χ4n) is 1.76. The molecule has 116 valence electrons. The topological polar surface area (TPSA) is 47.6 Å². The standard InChI is InChI=1S/C16H15F2NO3/c1-11(21-12-7-3-2-4-8-12)15(20)19-13-9-5-6-10-14(13)22-16(17)18/h2-11,16H,1H3,(H,19,20)/t11-/m1/s1. The van der Waals surface area contributed by atoms with Gasteiger partial charge in [0, 0.05) is 0 Å². The van der Waals surface area contributed by atoms with E-state index in [1.807, 2.05) is 6.07 Å². The molecule has 0 aliphatic rings. The number of benzene rings is 2. The molecular weight excluding hydrogens is 292 g/mol. The molecule has 1 N–H and O–H groups in total. The van der Waals surface area contributed by atoms with Crippen LogP contribution in [0, 0.1) is 0 Å². The molecule has 0 aliphatic carbocycles. The minimum Gasteiger partial charge on any atom is -0.481 e. The Bertz CT molecular complexity index is 620. The minimum absolute atomic E-state index is 0.0993. The quantitative estimate of drug-likeness (QED) is 0.885. The van der Waals surface area contributed by atoms with Gasteiger partial charge < -0.3 is 14.8 Å². The number of para-hydroxylation sites is 3. The number of halogens is 2. The van der Waals surface area contributed by atoms with Crippen LogP contribution in [-0.2, 0) is 4.79 Å². The molecule has 0 aliphatic heterocycles. The highest BCUT2D eigenvalue weighted by atomic mass is 19.3. The molecule has 0 unspecified atom stereocenters. The molecule has 0 radical (unpaired) electrons. The maximum atomic E-state index is 12.3. The second kappa shape index (κ2) is 7.40. The normalized spacial score (nSPS) is 11.8. The molecule has 0 saturated carbocycles. The van der Waals surface area contributed by atoms with E-state index in [0.29, 0.717) is 5.75 Å². The second-order valence-electron chi connectivity index (χ2n) is 4.44. The van der Waals surface area contributed by atoms with Crippen molar-refractivity contribution < 1.29 is 23.0 Å². The Hall–Kier alpha value is -2.63. The number of hydrogen-bond acceptors (Lipinski definition) is 3. The molecule has 1 amide bonds. The highest BCUT2D eigenvalue weighted by Gasteiger charge is 2.17. The Morgan fingerprint density at radius 1 is 1.00 bits per heavy atom. The number of rotatable bonds is 6. The Morgan fingerprint density at radius 2 is 1.64 bits per heavy atom. The smallest absolute Gasteiger partial charge is 0.387 e. The first-order valence-corrected chi connectivity index (χ1v) is 6.62. The number of anilines is 1. The maximum absolute atomic E-state index is 12.3. The van der Waals surface area contributed by atoms with Gasteiger partial charge in [-0.2, -0.15) is 8.78 Å². The zero-order valence-electron chi connectivity index (χ0n) is 11.8. The van der Waals surface area contributed by atoms with E-state index in [1.54, 1.807) is 37.3 Å². The predicted molar refractivity (Wildman–Crippen MR) is 78.2 cm³/mol. The maximum Gasteiger partial charge on any atom is 0.387 e. The summed E-state index contributed by atoms with van der Waals surface area (Å²) >= 11 is 0. The highest BCUT2D eigenvalue weighted by molar-refractivity contribution is 5.95. The fraction of sp³-hybridized carbons (Fsp3) is 0.188. The van der Waals surface area contributed by atoms with Gasteiger partial charge in [0.25, 0.3) is 5.91 Å². The van der Waals surface area contributed by atoms with E-state index in [0.717, 1.165) is 0 Å². The van der Waals surface area contributed by atoms with E-state index in [-0.39, 0.29) is 11.4 Å². The lowest BCUT2D eigenvalue weighted by Crippen LogP contribution is -2.30. The van der Waals surface area contributed by atoms with Crippen LogP contribution in [0.15, 0.2) is 54.6 Å². The van der Waals surface area contributed by atoms with Crippen LogP contribution in [0.4, 0.5) is 14.5 Å². The summed E-state index contributed by atoms with van der Waals surface area (Å²) in [5, 5.41) is 2.51. The molecule has 6 heteroatoms. The van der Waals surface area contributed by atoms with Crippen LogP contribution in [0.3, 0.4) is 0 Å². The van der Waals surface area contributed by atoms with Gasteiger partial charge in [0.1, 0.15) is 11.5 Å². The first kappa shape index (κ1) is 15.8. The van der Waals surface area contributed by atoms with Crippen molar-refractivity contribution in [3.05, 3.63) is 54.6 Å². The van der Waals surface area contributed by atoms with Crippen LogP contribution in [0.2, 0.25) is 0 Å². The van der Waals surface area contributed by atoms with Crippen molar-refractivity contribution in [2.75, 3.05) is 5.32 Å². The minimum atomic E-state index is -2.96. The summed E-state index contributed by atoms with van der Waals surface area (Å²) in [5.74, 6) is -0.0193. The Kier molecular flexibility index (Phi) is 5.30. The van der Waals surface area contributed by atoms with Gasteiger partial charge >= 0.3 is 6.61 Å².